The zero-order valence-electron chi connectivity index (χ0n) is 8.68. The van der Waals surface area contributed by atoms with Crippen LogP contribution in [0.1, 0.15) is 0 Å². The van der Waals surface area contributed by atoms with Gasteiger partial charge in [0.15, 0.2) is 0 Å². The first kappa shape index (κ1) is 11.4. The Bertz CT molecular complexity index is 592. The van der Waals surface area contributed by atoms with Gasteiger partial charge in [0.25, 0.3) is 0 Å². The lowest BCUT2D eigenvalue weighted by Crippen LogP contribution is -1.95. The molecule has 0 aliphatic rings. The number of hydrogen-bond donors (Lipinski definition) is 0. The largest absolute Gasteiger partial charge is 0.147 e. The summed E-state index contributed by atoms with van der Waals surface area (Å²) in [6.45, 7) is 0. The molecular formula is C14H12ClP. The monoisotopic (exact) mass is 246 g/mol. The maximum Gasteiger partial charge on any atom is -0.0106 e. The molecular weight excluding hydrogens is 235 g/mol. The predicted octanol–water partition coefficient (Wildman–Crippen LogP) is 3.92. The molecule has 1 atom stereocenters. The van der Waals surface area contributed by atoms with Crippen LogP contribution in [0.5, 0.6) is 0 Å². The van der Waals surface area contributed by atoms with Crippen LogP contribution in [-0.2, 0) is 0 Å². The van der Waals surface area contributed by atoms with Crippen molar-refractivity contribution < 1.29 is 0 Å². The van der Waals surface area contributed by atoms with E-state index in [0.717, 1.165) is 0 Å². The highest BCUT2D eigenvalue weighted by atomic mass is 35.5. The third-order valence-electron chi connectivity index (χ3n) is 2.81. The Hall–Kier alpha value is -1.10. The molecule has 0 saturated heterocycles. The van der Waals surface area contributed by atoms with Crippen molar-refractivity contribution in [2.24, 2.45) is 0 Å². The summed E-state index contributed by atoms with van der Waals surface area (Å²) in [7, 11) is 2.86. The molecule has 0 amide bonds. The second-order valence-corrected chi connectivity index (χ2v) is 4.31. The van der Waals surface area contributed by atoms with E-state index in [1.54, 1.807) is 0 Å². The normalized spacial score (nSPS) is 10.3. The van der Waals surface area contributed by atoms with Crippen molar-refractivity contribution >= 4 is 48.5 Å². The predicted molar refractivity (Wildman–Crippen MR) is 78.0 cm³/mol. The summed E-state index contributed by atoms with van der Waals surface area (Å²) in [5.74, 6) is 0. The molecule has 2 heteroatoms. The van der Waals surface area contributed by atoms with Gasteiger partial charge < -0.3 is 0 Å². The van der Waals surface area contributed by atoms with E-state index in [4.69, 9.17) is 0 Å². The summed E-state index contributed by atoms with van der Waals surface area (Å²) in [6, 6.07) is 19.3. The molecule has 3 aromatic carbocycles. The minimum atomic E-state index is 0. The van der Waals surface area contributed by atoms with Gasteiger partial charge in [0.05, 0.1) is 0 Å². The van der Waals surface area contributed by atoms with E-state index in [9.17, 15) is 0 Å². The molecule has 80 valence electrons. The van der Waals surface area contributed by atoms with Gasteiger partial charge in [-0.3, -0.25) is 0 Å². The summed E-state index contributed by atoms with van der Waals surface area (Å²) in [6.07, 6.45) is 0. The first-order valence-electron chi connectivity index (χ1n) is 5.02. The summed E-state index contributed by atoms with van der Waals surface area (Å²) >= 11 is 0. The summed E-state index contributed by atoms with van der Waals surface area (Å²) < 4.78 is 0. The second-order valence-electron chi connectivity index (χ2n) is 3.73. The molecule has 0 saturated carbocycles. The van der Waals surface area contributed by atoms with E-state index in [1.807, 2.05) is 0 Å². The molecule has 3 rings (SSSR count). The summed E-state index contributed by atoms with van der Waals surface area (Å²) in [5, 5.41) is 6.55. The molecule has 0 heterocycles. The fourth-order valence-electron chi connectivity index (χ4n) is 2.05. The Morgan fingerprint density at radius 3 is 1.62 bits per heavy atom. The second kappa shape index (κ2) is 4.41. The third-order valence-corrected chi connectivity index (χ3v) is 3.43. The van der Waals surface area contributed by atoms with Gasteiger partial charge in [0, 0.05) is 0 Å². The smallest absolute Gasteiger partial charge is 0.0106 e. The Kier molecular flexibility index (Phi) is 3.14. The van der Waals surface area contributed by atoms with Gasteiger partial charge in [0.1, 0.15) is 0 Å². The minimum Gasteiger partial charge on any atom is -0.147 e. The van der Waals surface area contributed by atoms with Gasteiger partial charge in [-0.15, -0.1) is 21.6 Å². The molecule has 16 heavy (non-hydrogen) atoms. The number of fused-ring (bicyclic) bond motifs is 2. The molecule has 0 bridgehead atoms. The van der Waals surface area contributed by atoms with Crippen LogP contribution in [0, 0.1) is 0 Å². The maximum absolute atomic E-state index is 2.86. The SMILES string of the molecule is Cl.Pc1c2ccccc2cc2ccccc12. The lowest BCUT2D eigenvalue weighted by Gasteiger charge is -2.06. The molecule has 0 N–H and O–H groups in total. The number of rotatable bonds is 0. The lowest BCUT2D eigenvalue weighted by molar-refractivity contribution is 1.79. The van der Waals surface area contributed by atoms with Crippen LogP contribution in [0.4, 0.5) is 0 Å². The average Bonchev–Trinajstić information content (AvgIpc) is 2.30. The Morgan fingerprint density at radius 1 is 0.688 bits per heavy atom. The van der Waals surface area contributed by atoms with Gasteiger partial charge in [0.2, 0.25) is 0 Å². The quantitative estimate of drug-likeness (QED) is 0.417. The van der Waals surface area contributed by atoms with Crippen molar-refractivity contribution in [2.75, 3.05) is 0 Å². The molecule has 0 aliphatic carbocycles. The average molecular weight is 247 g/mol. The molecule has 0 fully saturated rings. The topological polar surface area (TPSA) is 0 Å². The standard InChI is InChI=1S/C14H11P.ClH/c15-14-12-7-3-1-5-10(12)9-11-6-2-4-8-13(11)14;/h1-9H,15H2;1H. The zero-order valence-corrected chi connectivity index (χ0v) is 10.7. The van der Waals surface area contributed by atoms with Crippen molar-refractivity contribution in [3.63, 3.8) is 0 Å². The van der Waals surface area contributed by atoms with E-state index in [2.05, 4.69) is 63.8 Å². The lowest BCUT2D eigenvalue weighted by atomic mass is 10.0. The van der Waals surface area contributed by atoms with Crippen LogP contribution in [0.3, 0.4) is 0 Å². The van der Waals surface area contributed by atoms with Crippen LogP contribution in [0.15, 0.2) is 54.6 Å². The van der Waals surface area contributed by atoms with Crippen molar-refractivity contribution in [3.05, 3.63) is 54.6 Å². The highest BCUT2D eigenvalue weighted by Gasteiger charge is 2.01. The van der Waals surface area contributed by atoms with Crippen LogP contribution >= 0.6 is 21.6 Å². The number of hydrogen-bond acceptors (Lipinski definition) is 0. The van der Waals surface area contributed by atoms with Crippen molar-refractivity contribution in [1.29, 1.82) is 0 Å². The molecule has 0 nitrogen and oxygen atoms in total. The van der Waals surface area contributed by atoms with Crippen LogP contribution < -0.4 is 5.30 Å². The summed E-state index contributed by atoms with van der Waals surface area (Å²) in [4.78, 5) is 0. The number of halogens is 1. The fourth-order valence-corrected chi connectivity index (χ4v) is 2.57. The third kappa shape index (κ3) is 1.69. The van der Waals surface area contributed by atoms with Gasteiger partial charge in [-0.2, -0.15) is 0 Å². The van der Waals surface area contributed by atoms with Crippen molar-refractivity contribution in [3.8, 4) is 0 Å². The molecule has 0 aliphatic heterocycles. The van der Waals surface area contributed by atoms with Crippen LogP contribution in [0.25, 0.3) is 21.5 Å². The maximum atomic E-state index is 2.86. The molecule has 3 aromatic rings. The fraction of sp³-hybridized carbons (Fsp3) is 0. The van der Waals surface area contributed by atoms with E-state index < -0.39 is 0 Å². The zero-order chi connectivity index (χ0) is 10.3. The van der Waals surface area contributed by atoms with E-state index in [0.29, 0.717) is 0 Å². The molecule has 0 radical (unpaired) electrons. The van der Waals surface area contributed by atoms with Crippen LogP contribution in [-0.4, -0.2) is 0 Å². The Balaban J connectivity index is 0.000000963. The van der Waals surface area contributed by atoms with Gasteiger partial charge in [-0.05, 0) is 32.9 Å². The van der Waals surface area contributed by atoms with E-state index in [-0.39, 0.29) is 12.4 Å². The summed E-state index contributed by atoms with van der Waals surface area (Å²) in [5.41, 5.74) is 0. The van der Waals surface area contributed by atoms with Gasteiger partial charge in [-0.1, -0.05) is 48.5 Å². The number of benzene rings is 3. The minimum absolute atomic E-state index is 0. The van der Waals surface area contributed by atoms with Crippen LogP contribution in [0.2, 0.25) is 0 Å². The molecule has 0 spiro atoms. The van der Waals surface area contributed by atoms with Gasteiger partial charge in [-0.25, -0.2) is 0 Å². The van der Waals surface area contributed by atoms with Gasteiger partial charge >= 0.3 is 0 Å². The Morgan fingerprint density at radius 2 is 1.12 bits per heavy atom. The highest BCUT2D eigenvalue weighted by Crippen LogP contribution is 2.22. The first-order chi connectivity index (χ1) is 7.36. The first-order valence-corrected chi connectivity index (χ1v) is 5.60. The molecule has 0 aromatic heterocycles. The Labute approximate surface area is 103 Å². The molecule has 1 unspecified atom stereocenters. The van der Waals surface area contributed by atoms with E-state index in [1.165, 1.54) is 26.8 Å². The highest BCUT2D eigenvalue weighted by molar-refractivity contribution is 7.29. The van der Waals surface area contributed by atoms with E-state index >= 15 is 0 Å². The van der Waals surface area contributed by atoms with Crippen molar-refractivity contribution in [1.82, 2.24) is 0 Å². The van der Waals surface area contributed by atoms with Crippen molar-refractivity contribution in [2.45, 2.75) is 0 Å².